The van der Waals surface area contributed by atoms with Crippen LogP contribution in [0.25, 0.3) is 0 Å². The summed E-state index contributed by atoms with van der Waals surface area (Å²) in [5, 5.41) is 8.01. The van der Waals surface area contributed by atoms with Crippen molar-refractivity contribution in [2.45, 2.75) is 30.6 Å². The summed E-state index contributed by atoms with van der Waals surface area (Å²) in [6.45, 7) is 2.24. The third-order valence-corrected chi connectivity index (χ3v) is 5.28. The molecule has 3 N–H and O–H groups in total. The Balaban J connectivity index is 2.36. The Hall–Kier alpha value is -0.110. The van der Waals surface area contributed by atoms with Crippen molar-refractivity contribution in [1.29, 1.82) is 0 Å². The van der Waals surface area contributed by atoms with Crippen LogP contribution in [0.2, 0.25) is 0 Å². The van der Waals surface area contributed by atoms with Gasteiger partial charge in [-0.1, -0.05) is 5.21 Å². The van der Waals surface area contributed by atoms with Crippen molar-refractivity contribution in [1.82, 2.24) is 20.4 Å². The van der Waals surface area contributed by atoms with Gasteiger partial charge in [-0.2, -0.15) is 11.8 Å². The molecule has 16 heavy (non-hydrogen) atoms. The van der Waals surface area contributed by atoms with Crippen LogP contribution in [0.5, 0.6) is 0 Å². The van der Waals surface area contributed by atoms with Gasteiger partial charge in [0, 0.05) is 11.8 Å². The van der Waals surface area contributed by atoms with E-state index in [0.29, 0.717) is 0 Å². The van der Waals surface area contributed by atoms with Gasteiger partial charge in [0.05, 0.1) is 11.7 Å². The molecule has 0 aromatic carbocycles. The zero-order valence-corrected chi connectivity index (χ0v) is 11.8. The van der Waals surface area contributed by atoms with Crippen LogP contribution < -0.4 is 11.3 Å². The standard InChI is InChI=1S/C9H16BrN5S/c1-9(4-3-5-16-9)7(12-11)6-8(10)13-14-15(6)2/h7,12H,3-5,11H2,1-2H3. The van der Waals surface area contributed by atoms with Gasteiger partial charge in [0.2, 0.25) is 0 Å². The van der Waals surface area contributed by atoms with Crippen molar-refractivity contribution in [3.63, 3.8) is 0 Å². The largest absolute Gasteiger partial charge is 0.271 e. The summed E-state index contributed by atoms with van der Waals surface area (Å²) in [6.07, 6.45) is 2.40. The van der Waals surface area contributed by atoms with Gasteiger partial charge in [0.1, 0.15) is 0 Å². The van der Waals surface area contributed by atoms with Crippen molar-refractivity contribution in [3.8, 4) is 0 Å². The van der Waals surface area contributed by atoms with Gasteiger partial charge in [0.15, 0.2) is 4.60 Å². The van der Waals surface area contributed by atoms with E-state index in [1.54, 1.807) is 4.68 Å². The van der Waals surface area contributed by atoms with Gasteiger partial charge >= 0.3 is 0 Å². The summed E-state index contributed by atoms with van der Waals surface area (Å²) >= 11 is 5.39. The summed E-state index contributed by atoms with van der Waals surface area (Å²) in [6, 6.07) is 0.0642. The lowest BCUT2D eigenvalue weighted by Gasteiger charge is -2.32. The lowest BCUT2D eigenvalue weighted by atomic mass is 9.94. The van der Waals surface area contributed by atoms with E-state index in [9.17, 15) is 0 Å². The number of hydrazine groups is 1. The topological polar surface area (TPSA) is 68.8 Å². The van der Waals surface area contributed by atoms with E-state index in [-0.39, 0.29) is 10.8 Å². The number of hydrogen-bond donors (Lipinski definition) is 2. The minimum absolute atomic E-state index is 0.0642. The zero-order valence-electron chi connectivity index (χ0n) is 9.40. The van der Waals surface area contributed by atoms with Crippen molar-refractivity contribution in [3.05, 3.63) is 10.3 Å². The Kier molecular flexibility index (Phi) is 3.58. The number of nitrogens with one attached hydrogen (secondary N) is 1. The Bertz CT molecular complexity index is 354. The van der Waals surface area contributed by atoms with Gasteiger partial charge in [-0.05, 0) is 41.4 Å². The fourth-order valence-electron chi connectivity index (χ4n) is 2.22. The van der Waals surface area contributed by atoms with Gasteiger partial charge in [-0.3, -0.25) is 5.84 Å². The number of thioether (sulfide) groups is 1. The van der Waals surface area contributed by atoms with Crippen LogP contribution >= 0.6 is 27.7 Å². The molecular formula is C9H16BrN5S. The Labute approximate surface area is 108 Å². The molecule has 5 nitrogen and oxygen atoms in total. The van der Waals surface area contributed by atoms with Crippen LogP contribution in [0.1, 0.15) is 31.5 Å². The molecule has 1 fully saturated rings. The summed E-state index contributed by atoms with van der Waals surface area (Å²) in [4.78, 5) is 0. The SMILES string of the molecule is Cn1nnc(Br)c1C(NN)C1(C)CCCS1. The number of hydrogen-bond acceptors (Lipinski definition) is 5. The van der Waals surface area contributed by atoms with Gasteiger partial charge in [-0.25, -0.2) is 10.1 Å². The summed E-state index contributed by atoms with van der Waals surface area (Å²) in [5.74, 6) is 6.91. The lowest BCUT2D eigenvalue weighted by Crippen LogP contribution is -2.42. The fraction of sp³-hybridized carbons (Fsp3) is 0.778. The molecule has 1 aliphatic rings. The highest BCUT2D eigenvalue weighted by atomic mass is 79.9. The van der Waals surface area contributed by atoms with Crippen LogP contribution in [-0.4, -0.2) is 25.5 Å². The van der Waals surface area contributed by atoms with Crippen LogP contribution in [0.4, 0.5) is 0 Å². The first kappa shape index (κ1) is 12.3. The Morgan fingerprint density at radius 3 is 2.88 bits per heavy atom. The zero-order chi connectivity index (χ0) is 11.8. The van der Waals surface area contributed by atoms with E-state index < -0.39 is 0 Å². The highest BCUT2D eigenvalue weighted by molar-refractivity contribution is 9.10. The Morgan fingerprint density at radius 1 is 1.69 bits per heavy atom. The third-order valence-electron chi connectivity index (χ3n) is 3.13. The van der Waals surface area contributed by atoms with E-state index in [4.69, 9.17) is 5.84 Å². The maximum absolute atomic E-state index is 5.71. The number of aryl methyl sites for hydroxylation is 1. The molecule has 2 heterocycles. The number of aromatic nitrogens is 3. The second-order valence-corrected chi connectivity index (χ2v) is 6.63. The number of nitrogens with two attached hydrogens (primary N) is 1. The van der Waals surface area contributed by atoms with E-state index >= 15 is 0 Å². The highest BCUT2D eigenvalue weighted by Gasteiger charge is 2.41. The van der Waals surface area contributed by atoms with E-state index in [0.717, 1.165) is 16.7 Å². The van der Waals surface area contributed by atoms with Crippen LogP contribution in [0.3, 0.4) is 0 Å². The average molecular weight is 306 g/mol. The molecular weight excluding hydrogens is 290 g/mol. The molecule has 0 radical (unpaired) electrons. The normalized spacial score (nSPS) is 27.2. The van der Waals surface area contributed by atoms with Gasteiger partial charge < -0.3 is 0 Å². The van der Waals surface area contributed by atoms with E-state index in [2.05, 4.69) is 38.6 Å². The number of rotatable bonds is 3. The molecule has 90 valence electrons. The van der Waals surface area contributed by atoms with Crippen LogP contribution in [0.15, 0.2) is 4.60 Å². The van der Waals surface area contributed by atoms with Crippen molar-refractivity contribution >= 4 is 27.7 Å². The number of halogens is 1. The maximum Gasteiger partial charge on any atom is 0.153 e. The minimum atomic E-state index is 0.0642. The van der Waals surface area contributed by atoms with E-state index in [1.165, 1.54) is 12.2 Å². The number of nitrogens with zero attached hydrogens (tertiary/aromatic N) is 3. The molecule has 1 aliphatic heterocycles. The lowest BCUT2D eigenvalue weighted by molar-refractivity contribution is 0.398. The quantitative estimate of drug-likeness (QED) is 0.652. The predicted octanol–water partition coefficient (Wildman–Crippen LogP) is 1.37. The molecule has 2 rings (SSSR count). The molecule has 1 saturated heterocycles. The third kappa shape index (κ3) is 2.01. The van der Waals surface area contributed by atoms with Gasteiger partial charge in [-0.15, -0.1) is 5.10 Å². The summed E-state index contributed by atoms with van der Waals surface area (Å²) < 4.78 is 2.66. The van der Waals surface area contributed by atoms with Crippen molar-refractivity contribution in [2.75, 3.05) is 5.75 Å². The summed E-state index contributed by atoms with van der Waals surface area (Å²) in [5.41, 5.74) is 3.93. The van der Waals surface area contributed by atoms with E-state index in [1.807, 2.05) is 18.8 Å². The smallest absolute Gasteiger partial charge is 0.153 e. The molecule has 1 aromatic heterocycles. The minimum Gasteiger partial charge on any atom is -0.271 e. The average Bonchev–Trinajstić information content (AvgIpc) is 2.80. The molecule has 0 saturated carbocycles. The molecule has 2 unspecified atom stereocenters. The fourth-order valence-corrected chi connectivity index (χ4v) is 4.16. The Morgan fingerprint density at radius 2 is 2.44 bits per heavy atom. The molecule has 0 amide bonds. The second kappa shape index (κ2) is 4.64. The van der Waals surface area contributed by atoms with Crippen LogP contribution in [-0.2, 0) is 7.05 Å². The van der Waals surface area contributed by atoms with Gasteiger partial charge in [0.25, 0.3) is 0 Å². The molecule has 2 atom stereocenters. The predicted molar refractivity (Wildman–Crippen MR) is 68.9 cm³/mol. The first-order valence-electron chi connectivity index (χ1n) is 5.23. The van der Waals surface area contributed by atoms with Crippen LogP contribution in [0, 0.1) is 0 Å². The molecule has 0 aliphatic carbocycles. The monoisotopic (exact) mass is 305 g/mol. The van der Waals surface area contributed by atoms with Crippen molar-refractivity contribution in [2.24, 2.45) is 12.9 Å². The molecule has 0 spiro atoms. The highest BCUT2D eigenvalue weighted by Crippen LogP contribution is 2.47. The summed E-state index contributed by atoms with van der Waals surface area (Å²) in [7, 11) is 1.89. The molecule has 0 bridgehead atoms. The second-order valence-electron chi connectivity index (χ2n) is 4.25. The first-order valence-corrected chi connectivity index (χ1v) is 7.01. The first-order chi connectivity index (χ1) is 7.58. The molecule has 1 aromatic rings. The maximum atomic E-state index is 5.71. The molecule has 7 heteroatoms. The van der Waals surface area contributed by atoms with Crippen molar-refractivity contribution < 1.29 is 0 Å².